The van der Waals surface area contributed by atoms with Crippen LogP contribution in [-0.4, -0.2) is 48.0 Å². The summed E-state index contributed by atoms with van der Waals surface area (Å²) >= 11 is 0. The molecule has 0 aromatic heterocycles. The van der Waals surface area contributed by atoms with Crippen LogP contribution in [0.5, 0.6) is 5.75 Å². The summed E-state index contributed by atoms with van der Waals surface area (Å²) in [6, 6.07) is 8.49. The zero-order valence-corrected chi connectivity index (χ0v) is 15.5. The molecule has 0 spiro atoms. The number of benzene rings is 1. The molecule has 2 atom stereocenters. The monoisotopic (exact) mass is 323 g/mol. The Morgan fingerprint density at radius 2 is 1.96 bits per heavy atom. The summed E-state index contributed by atoms with van der Waals surface area (Å²) in [4.78, 5) is 2.30. The minimum Gasteiger partial charge on any atom is -0.497 e. The van der Waals surface area contributed by atoms with Crippen molar-refractivity contribution in [1.29, 1.82) is 0 Å². The Labute approximate surface area is 141 Å². The average Bonchev–Trinajstić information content (AvgIpc) is 2.51. The van der Waals surface area contributed by atoms with Crippen molar-refractivity contribution in [1.82, 2.24) is 4.90 Å². The van der Waals surface area contributed by atoms with Crippen LogP contribution < -0.4 is 4.74 Å². The van der Waals surface area contributed by atoms with E-state index in [2.05, 4.69) is 24.8 Å². The van der Waals surface area contributed by atoms with E-state index in [-0.39, 0.29) is 5.60 Å². The predicted molar refractivity (Wildman–Crippen MR) is 94.9 cm³/mol. The minimum absolute atomic E-state index is 0.227. The fraction of sp³-hybridized carbons (Fsp3) is 0.684. The molecule has 4 nitrogen and oxygen atoms in total. The molecule has 1 aromatic carbocycles. The van der Waals surface area contributed by atoms with Gasteiger partial charge in [-0.2, -0.15) is 0 Å². The SMILES string of the molecule is CCC(C)N(Cc1cccc(OC)c1)CC(O)COC(C)(C)C. The Morgan fingerprint density at radius 3 is 2.52 bits per heavy atom. The Morgan fingerprint density at radius 1 is 1.26 bits per heavy atom. The van der Waals surface area contributed by atoms with Crippen molar-refractivity contribution in [3.63, 3.8) is 0 Å². The average molecular weight is 323 g/mol. The van der Waals surface area contributed by atoms with Crippen molar-refractivity contribution in [2.45, 2.75) is 65.3 Å². The van der Waals surface area contributed by atoms with Crippen molar-refractivity contribution in [2.75, 3.05) is 20.3 Å². The van der Waals surface area contributed by atoms with E-state index in [0.717, 1.165) is 18.7 Å². The Balaban J connectivity index is 2.68. The van der Waals surface area contributed by atoms with Gasteiger partial charge in [0.2, 0.25) is 0 Å². The van der Waals surface area contributed by atoms with Crippen LogP contribution in [-0.2, 0) is 11.3 Å². The summed E-state index contributed by atoms with van der Waals surface area (Å²) in [5.74, 6) is 0.864. The van der Waals surface area contributed by atoms with E-state index < -0.39 is 6.10 Å². The van der Waals surface area contributed by atoms with Crippen LogP contribution in [0.25, 0.3) is 0 Å². The molecule has 0 amide bonds. The maximum absolute atomic E-state index is 10.3. The van der Waals surface area contributed by atoms with E-state index in [0.29, 0.717) is 19.2 Å². The van der Waals surface area contributed by atoms with Crippen LogP contribution in [0.2, 0.25) is 0 Å². The van der Waals surface area contributed by atoms with Gasteiger partial charge in [0.05, 0.1) is 25.4 Å². The number of aliphatic hydroxyl groups is 1. The summed E-state index contributed by atoms with van der Waals surface area (Å²) in [6.07, 6.45) is 0.547. The van der Waals surface area contributed by atoms with E-state index in [1.807, 2.05) is 39.0 Å². The third-order valence-electron chi connectivity index (χ3n) is 3.89. The number of methoxy groups -OCH3 is 1. The van der Waals surface area contributed by atoms with Gasteiger partial charge in [-0.05, 0) is 51.8 Å². The van der Waals surface area contributed by atoms with Crippen LogP contribution >= 0.6 is 0 Å². The molecule has 0 heterocycles. The fourth-order valence-corrected chi connectivity index (χ4v) is 2.33. The molecular formula is C19H33NO3. The molecule has 1 N–H and O–H groups in total. The van der Waals surface area contributed by atoms with Crippen molar-refractivity contribution >= 4 is 0 Å². The number of rotatable bonds is 9. The highest BCUT2D eigenvalue weighted by Crippen LogP contribution is 2.17. The Bertz CT molecular complexity index is 456. The van der Waals surface area contributed by atoms with E-state index in [1.165, 1.54) is 5.56 Å². The standard InChI is InChI=1S/C19H33NO3/c1-7-15(2)20(13-17(21)14-23-19(3,4)5)12-16-9-8-10-18(11-16)22-6/h8-11,15,17,21H,7,12-14H2,1-6H3. The predicted octanol–water partition coefficient (Wildman–Crippen LogP) is 3.47. The number of hydrogen-bond donors (Lipinski definition) is 1. The van der Waals surface area contributed by atoms with Gasteiger partial charge in [-0.3, -0.25) is 4.90 Å². The highest BCUT2D eigenvalue weighted by atomic mass is 16.5. The minimum atomic E-state index is -0.492. The second-order valence-electron chi connectivity index (χ2n) is 7.12. The number of hydrogen-bond acceptors (Lipinski definition) is 4. The van der Waals surface area contributed by atoms with E-state index in [1.54, 1.807) is 7.11 Å². The van der Waals surface area contributed by atoms with E-state index >= 15 is 0 Å². The fourth-order valence-electron chi connectivity index (χ4n) is 2.33. The molecule has 0 radical (unpaired) electrons. The lowest BCUT2D eigenvalue weighted by Crippen LogP contribution is -2.41. The van der Waals surface area contributed by atoms with Crippen LogP contribution in [0.1, 0.15) is 46.6 Å². The Hall–Kier alpha value is -1.10. The molecule has 0 bridgehead atoms. The summed E-state index contributed by atoms with van der Waals surface area (Å²) in [7, 11) is 1.68. The third kappa shape index (κ3) is 7.82. The second-order valence-corrected chi connectivity index (χ2v) is 7.12. The first-order valence-corrected chi connectivity index (χ1v) is 8.44. The summed E-state index contributed by atoms with van der Waals surface area (Å²) in [6.45, 7) is 12.1. The van der Waals surface area contributed by atoms with E-state index in [4.69, 9.17) is 9.47 Å². The summed E-state index contributed by atoms with van der Waals surface area (Å²) in [5.41, 5.74) is 0.961. The molecule has 1 rings (SSSR count). The number of ether oxygens (including phenoxy) is 2. The van der Waals surface area contributed by atoms with Crippen LogP contribution in [0.4, 0.5) is 0 Å². The molecule has 0 aliphatic carbocycles. The molecule has 4 heteroatoms. The Kier molecular flexibility index (Phi) is 8.03. The van der Waals surface area contributed by atoms with Gasteiger partial charge in [0.1, 0.15) is 5.75 Å². The molecule has 0 aliphatic heterocycles. The number of nitrogens with zero attached hydrogens (tertiary/aromatic N) is 1. The van der Waals surface area contributed by atoms with Gasteiger partial charge in [-0.15, -0.1) is 0 Å². The van der Waals surface area contributed by atoms with Crippen LogP contribution in [0, 0.1) is 0 Å². The molecule has 0 aliphatic rings. The summed E-state index contributed by atoms with van der Waals surface area (Å²) in [5, 5.41) is 10.3. The molecule has 0 saturated heterocycles. The summed E-state index contributed by atoms with van der Waals surface area (Å²) < 4.78 is 11.0. The molecule has 132 valence electrons. The molecule has 0 saturated carbocycles. The quantitative estimate of drug-likeness (QED) is 0.755. The molecule has 1 aromatic rings. The van der Waals surface area contributed by atoms with Gasteiger partial charge >= 0.3 is 0 Å². The van der Waals surface area contributed by atoms with Crippen LogP contribution in [0.15, 0.2) is 24.3 Å². The number of aliphatic hydroxyl groups excluding tert-OH is 1. The maximum Gasteiger partial charge on any atom is 0.119 e. The lowest BCUT2D eigenvalue weighted by atomic mass is 10.1. The van der Waals surface area contributed by atoms with Gasteiger partial charge in [0, 0.05) is 19.1 Å². The van der Waals surface area contributed by atoms with Gasteiger partial charge < -0.3 is 14.6 Å². The second kappa shape index (κ2) is 9.26. The molecule has 2 unspecified atom stereocenters. The smallest absolute Gasteiger partial charge is 0.119 e. The molecular weight excluding hydrogens is 290 g/mol. The highest BCUT2D eigenvalue weighted by molar-refractivity contribution is 5.28. The lowest BCUT2D eigenvalue weighted by molar-refractivity contribution is -0.0593. The zero-order chi connectivity index (χ0) is 17.5. The van der Waals surface area contributed by atoms with Gasteiger partial charge in [-0.1, -0.05) is 19.1 Å². The maximum atomic E-state index is 10.3. The van der Waals surface area contributed by atoms with E-state index in [9.17, 15) is 5.11 Å². The lowest BCUT2D eigenvalue weighted by Gasteiger charge is -2.31. The molecule has 0 fully saturated rings. The first kappa shape index (κ1) is 19.9. The normalized spacial score (nSPS) is 14.8. The zero-order valence-electron chi connectivity index (χ0n) is 15.5. The third-order valence-corrected chi connectivity index (χ3v) is 3.89. The van der Waals surface area contributed by atoms with Crippen molar-refractivity contribution in [2.24, 2.45) is 0 Å². The van der Waals surface area contributed by atoms with Gasteiger partial charge in [-0.25, -0.2) is 0 Å². The van der Waals surface area contributed by atoms with Gasteiger partial charge in [0.25, 0.3) is 0 Å². The first-order chi connectivity index (χ1) is 10.7. The van der Waals surface area contributed by atoms with Gasteiger partial charge in [0.15, 0.2) is 0 Å². The van der Waals surface area contributed by atoms with Crippen LogP contribution in [0.3, 0.4) is 0 Å². The topological polar surface area (TPSA) is 41.9 Å². The molecule has 23 heavy (non-hydrogen) atoms. The van der Waals surface area contributed by atoms with Crippen molar-refractivity contribution < 1.29 is 14.6 Å². The van der Waals surface area contributed by atoms with Crippen molar-refractivity contribution in [3.8, 4) is 5.75 Å². The van der Waals surface area contributed by atoms with Crippen molar-refractivity contribution in [3.05, 3.63) is 29.8 Å². The highest BCUT2D eigenvalue weighted by Gasteiger charge is 2.19. The first-order valence-electron chi connectivity index (χ1n) is 8.44. The largest absolute Gasteiger partial charge is 0.497 e.